The molecule has 0 bridgehead atoms. The highest BCUT2D eigenvalue weighted by Crippen LogP contribution is 2.24. The Hall–Kier alpha value is -1.76. The molecule has 112 valence electrons. The molecule has 0 aliphatic heterocycles. The predicted octanol–water partition coefficient (Wildman–Crippen LogP) is 1.99. The Labute approximate surface area is 119 Å². The molecule has 20 heavy (non-hydrogen) atoms. The minimum atomic E-state index is -3.51. The van der Waals surface area contributed by atoms with Crippen LogP contribution in [0.3, 0.4) is 0 Å². The lowest BCUT2D eigenvalue weighted by molar-refractivity contribution is 0.0698. The fraction of sp³-hybridized carbons (Fsp3) is 0.462. The lowest BCUT2D eigenvalue weighted by Crippen LogP contribution is -2.19. The Morgan fingerprint density at radius 2 is 2.05 bits per heavy atom. The van der Waals surface area contributed by atoms with Gasteiger partial charge in [-0.25, -0.2) is 13.2 Å². The quantitative estimate of drug-likeness (QED) is 0.804. The number of hydrogen-bond acceptors (Lipinski definition) is 4. The smallest absolute Gasteiger partial charge is 0.337 e. The van der Waals surface area contributed by atoms with Gasteiger partial charge in [0.25, 0.3) is 0 Å². The third-order valence-corrected chi connectivity index (χ3v) is 3.41. The highest BCUT2D eigenvalue weighted by atomic mass is 32.2. The fourth-order valence-electron chi connectivity index (χ4n) is 1.76. The number of aromatic carboxylic acids is 1. The molecular formula is C13H20N2O4S. The van der Waals surface area contributed by atoms with Crippen molar-refractivity contribution >= 4 is 27.4 Å². The molecule has 0 unspecified atom stereocenters. The van der Waals surface area contributed by atoms with Crippen molar-refractivity contribution in [2.45, 2.75) is 19.8 Å². The molecule has 0 aliphatic carbocycles. The molecule has 0 fully saturated rings. The zero-order chi connectivity index (χ0) is 15.3. The highest BCUT2D eigenvalue weighted by Gasteiger charge is 2.15. The van der Waals surface area contributed by atoms with Crippen LogP contribution in [-0.4, -0.2) is 39.3 Å². The second kappa shape index (κ2) is 6.60. The summed E-state index contributed by atoms with van der Waals surface area (Å²) >= 11 is 0. The number of unbranched alkanes of at least 4 members (excludes halogenated alkanes) is 1. The Balaban J connectivity index is 3.10. The van der Waals surface area contributed by atoms with Gasteiger partial charge in [0, 0.05) is 19.3 Å². The standard InChI is InChI=1S/C13H20N2O4S/c1-4-5-8-15(2)10-6-7-12(14-20(3,18)19)11(9-10)13(16)17/h6-7,9,14H,4-5,8H2,1-3H3,(H,16,17). The first kappa shape index (κ1) is 16.3. The van der Waals surface area contributed by atoms with Crippen molar-refractivity contribution in [3.05, 3.63) is 23.8 Å². The highest BCUT2D eigenvalue weighted by molar-refractivity contribution is 7.92. The van der Waals surface area contributed by atoms with E-state index in [-0.39, 0.29) is 11.3 Å². The zero-order valence-electron chi connectivity index (χ0n) is 11.9. The number of carbonyl (C=O) groups is 1. The van der Waals surface area contributed by atoms with Crippen molar-refractivity contribution in [1.29, 1.82) is 0 Å². The summed E-state index contributed by atoms with van der Waals surface area (Å²) in [5.41, 5.74) is 0.763. The lowest BCUT2D eigenvalue weighted by Gasteiger charge is -2.20. The van der Waals surface area contributed by atoms with E-state index in [1.165, 1.54) is 12.1 Å². The SMILES string of the molecule is CCCCN(C)c1ccc(NS(C)(=O)=O)c(C(=O)O)c1. The van der Waals surface area contributed by atoms with Crippen LogP contribution in [0.2, 0.25) is 0 Å². The number of benzene rings is 1. The fourth-order valence-corrected chi connectivity index (χ4v) is 2.34. The summed E-state index contributed by atoms with van der Waals surface area (Å²) in [6.45, 7) is 2.89. The molecule has 0 atom stereocenters. The van der Waals surface area contributed by atoms with E-state index in [2.05, 4.69) is 11.6 Å². The first-order valence-corrected chi connectivity index (χ1v) is 8.20. The van der Waals surface area contributed by atoms with E-state index < -0.39 is 16.0 Å². The molecule has 1 aromatic carbocycles. The molecule has 7 heteroatoms. The van der Waals surface area contributed by atoms with E-state index >= 15 is 0 Å². The summed E-state index contributed by atoms with van der Waals surface area (Å²) in [7, 11) is -1.63. The summed E-state index contributed by atoms with van der Waals surface area (Å²) in [5.74, 6) is -1.16. The topological polar surface area (TPSA) is 86.7 Å². The van der Waals surface area contributed by atoms with E-state index in [1.807, 2.05) is 11.9 Å². The average Bonchev–Trinajstić information content (AvgIpc) is 2.34. The molecule has 0 amide bonds. The first-order chi connectivity index (χ1) is 9.24. The second-order valence-electron chi connectivity index (χ2n) is 4.68. The molecule has 1 aromatic rings. The number of anilines is 2. The van der Waals surface area contributed by atoms with Crippen LogP contribution in [0.5, 0.6) is 0 Å². The molecule has 0 spiro atoms. The second-order valence-corrected chi connectivity index (χ2v) is 6.43. The van der Waals surface area contributed by atoms with E-state index in [1.54, 1.807) is 6.07 Å². The number of hydrogen-bond donors (Lipinski definition) is 2. The van der Waals surface area contributed by atoms with Gasteiger partial charge in [0.15, 0.2) is 0 Å². The van der Waals surface area contributed by atoms with Crippen LogP contribution in [0.4, 0.5) is 11.4 Å². The molecule has 1 rings (SSSR count). The summed E-state index contributed by atoms with van der Waals surface area (Å²) in [5, 5.41) is 9.19. The van der Waals surface area contributed by atoms with E-state index in [9.17, 15) is 18.3 Å². The van der Waals surface area contributed by atoms with Crippen LogP contribution >= 0.6 is 0 Å². The largest absolute Gasteiger partial charge is 0.478 e. The van der Waals surface area contributed by atoms with Gasteiger partial charge in [0.1, 0.15) is 0 Å². The number of rotatable bonds is 7. The van der Waals surface area contributed by atoms with Gasteiger partial charge in [-0.3, -0.25) is 4.72 Å². The van der Waals surface area contributed by atoms with Gasteiger partial charge in [0.05, 0.1) is 17.5 Å². The van der Waals surface area contributed by atoms with Gasteiger partial charge in [-0.15, -0.1) is 0 Å². The Morgan fingerprint density at radius 1 is 1.40 bits per heavy atom. The lowest BCUT2D eigenvalue weighted by atomic mass is 10.1. The monoisotopic (exact) mass is 300 g/mol. The van der Waals surface area contributed by atoms with Gasteiger partial charge in [-0.05, 0) is 24.6 Å². The number of nitrogens with zero attached hydrogens (tertiary/aromatic N) is 1. The first-order valence-electron chi connectivity index (χ1n) is 6.31. The Kier molecular flexibility index (Phi) is 5.38. The summed E-state index contributed by atoms with van der Waals surface area (Å²) in [4.78, 5) is 13.2. The van der Waals surface area contributed by atoms with Gasteiger partial charge in [-0.2, -0.15) is 0 Å². The maximum Gasteiger partial charge on any atom is 0.337 e. The summed E-state index contributed by atoms with van der Waals surface area (Å²) < 4.78 is 24.7. The zero-order valence-corrected chi connectivity index (χ0v) is 12.7. The van der Waals surface area contributed by atoms with E-state index in [0.29, 0.717) is 0 Å². The molecule has 0 radical (unpaired) electrons. The minimum Gasteiger partial charge on any atom is -0.478 e. The summed E-state index contributed by atoms with van der Waals surface area (Å²) in [6, 6.07) is 4.66. The molecule has 0 aliphatic rings. The van der Waals surface area contributed by atoms with Gasteiger partial charge in [0.2, 0.25) is 10.0 Å². The molecule has 0 aromatic heterocycles. The van der Waals surface area contributed by atoms with Crippen molar-refractivity contribution in [3.8, 4) is 0 Å². The Bertz CT molecular complexity index is 584. The molecule has 6 nitrogen and oxygen atoms in total. The van der Waals surface area contributed by atoms with Crippen LogP contribution in [0, 0.1) is 0 Å². The molecular weight excluding hydrogens is 280 g/mol. The van der Waals surface area contributed by atoms with E-state index in [4.69, 9.17) is 0 Å². The van der Waals surface area contributed by atoms with Crippen molar-refractivity contribution in [1.82, 2.24) is 0 Å². The van der Waals surface area contributed by atoms with Crippen molar-refractivity contribution in [3.63, 3.8) is 0 Å². The van der Waals surface area contributed by atoms with Gasteiger partial charge in [-0.1, -0.05) is 13.3 Å². The molecule has 0 heterocycles. The molecule has 2 N–H and O–H groups in total. The van der Waals surface area contributed by atoms with Crippen LogP contribution in [-0.2, 0) is 10.0 Å². The van der Waals surface area contributed by atoms with Crippen molar-refractivity contribution in [2.24, 2.45) is 0 Å². The van der Waals surface area contributed by atoms with E-state index in [0.717, 1.165) is 31.3 Å². The maximum absolute atomic E-state index is 11.2. The molecule has 0 saturated carbocycles. The third-order valence-electron chi connectivity index (χ3n) is 2.82. The van der Waals surface area contributed by atoms with Gasteiger partial charge < -0.3 is 10.0 Å². The number of carboxylic acids is 1. The van der Waals surface area contributed by atoms with Crippen LogP contribution < -0.4 is 9.62 Å². The van der Waals surface area contributed by atoms with Crippen molar-refractivity contribution in [2.75, 3.05) is 29.5 Å². The maximum atomic E-state index is 11.2. The molecule has 0 saturated heterocycles. The third kappa shape index (κ3) is 4.73. The summed E-state index contributed by atoms with van der Waals surface area (Å²) in [6.07, 6.45) is 3.03. The number of sulfonamides is 1. The minimum absolute atomic E-state index is 0.0590. The predicted molar refractivity (Wildman–Crippen MR) is 80.0 cm³/mol. The number of nitrogens with one attached hydrogen (secondary N) is 1. The van der Waals surface area contributed by atoms with Crippen LogP contribution in [0.25, 0.3) is 0 Å². The number of carboxylic acid groups (broad SMARTS) is 1. The normalized spacial score (nSPS) is 11.2. The Morgan fingerprint density at radius 3 is 2.55 bits per heavy atom. The average molecular weight is 300 g/mol. The van der Waals surface area contributed by atoms with Crippen LogP contribution in [0.1, 0.15) is 30.1 Å². The van der Waals surface area contributed by atoms with Gasteiger partial charge >= 0.3 is 5.97 Å². The van der Waals surface area contributed by atoms with Crippen LogP contribution in [0.15, 0.2) is 18.2 Å². The van der Waals surface area contributed by atoms with Crippen molar-refractivity contribution < 1.29 is 18.3 Å².